The van der Waals surface area contributed by atoms with Gasteiger partial charge >= 0.3 is 0 Å². The topological polar surface area (TPSA) is 78.1 Å². The van der Waals surface area contributed by atoms with Gasteiger partial charge in [-0.15, -0.1) is 0 Å². The number of halogens is 1. The molecule has 0 radical (unpaired) electrons. The van der Waals surface area contributed by atoms with Crippen LogP contribution in [0.1, 0.15) is 17.5 Å². The van der Waals surface area contributed by atoms with Crippen molar-refractivity contribution in [3.8, 4) is 0 Å². The number of pyridine rings is 1. The number of likely N-dealkylation sites (tertiary alicyclic amines) is 1. The summed E-state index contributed by atoms with van der Waals surface area (Å²) >= 11 is 0. The zero-order valence-corrected chi connectivity index (χ0v) is 15.3. The molecule has 144 valence electrons. The zero-order chi connectivity index (χ0) is 19.5. The Hall–Kier alpha value is -3.22. The Kier molecular flexibility index (Phi) is 5.06. The van der Waals surface area contributed by atoms with E-state index < -0.39 is 0 Å². The fraction of sp³-hybridized carbons (Fsp3) is 0.286. The molecule has 3 heterocycles. The maximum Gasteiger partial charge on any atom is 0.225 e. The molecule has 7 heteroatoms. The fourth-order valence-electron chi connectivity index (χ4n) is 3.61. The lowest BCUT2D eigenvalue weighted by Gasteiger charge is -2.16. The summed E-state index contributed by atoms with van der Waals surface area (Å²) < 4.78 is 13.5. The molecule has 28 heavy (non-hydrogen) atoms. The van der Waals surface area contributed by atoms with Gasteiger partial charge in [-0.05, 0) is 41.8 Å². The van der Waals surface area contributed by atoms with Crippen LogP contribution in [0.3, 0.4) is 0 Å². The molecule has 1 aromatic carbocycles. The molecule has 0 aliphatic carbocycles. The standard InChI is InChI=1S/C21H21FN4O2/c22-17-3-4-19-18(9-17)15(12-24-19)5-7-26-13-16(8-20(26)27)21(28)25-11-14-2-1-6-23-10-14/h1-4,6,9-10,12,16,24H,5,7-8,11,13H2,(H,25,28). The number of fused-ring (bicyclic) bond motifs is 1. The molecule has 1 aliphatic rings. The second-order valence-electron chi connectivity index (χ2n) is 7.07. The second-order valence-corrected chi connectivity index (χ2v) is 7.07. The zero-order valence-electron chi connectivity index (χ0n) is 15.3. The van der Waals surface area contributed by atoms with Gasteiger partial charge < -0.3 is 15.2 Å². The van der Waals surface area contributed by atoms with E-state index in [-0.39, 0.29) is 30.0 Å². The van der Waals surface area contributed by atoms with Gasteiger partial charge in [-0.2, -0.15) is 0 Å². The molecule has 2 N–H and O–H groups in total. The van der Waals surface area contributed by atoms with Crippen LogP contribution < -0.4 is 5.32 Å². The SMILES string of the molecule is O=C(NCc1cccnc1)C1CC(=O)N(CCc2c[nH]c3ccc(F)cc23)C1. The van der Waals surface area contributed by atoms with Crippen molar-refractivity contribution in [1.82, 2.24) is 20.2 Å². The first-order chi connectivity index (χ1) is 13.6. The lowest BCUT2D eigenvalue weighted by atomic mass is 10.1. The van der Waals surface area contributed by atoms with E-state index in [4.69, 9.17) is 0 Å². The third kappa shape index (κ3) is 3.88. The van der Waals surface area contributed by atoms with E-state index in [1.54, 1.807) is 23.4 Å². The molecule has 1 aliphatic heterocycles. The molecule has 4 rings (SSSR count). The van der Waals surface area contributed by atoms with Gasteiger partial charge in [0.1, 0.15) is 5.82 Å². The molecule has 6 nitrogen and oxygen atoms in total. The summed E-state index contributed by atoms with van der Waals surface area (Å²) in [7, 11) is 0. The second kappa shape index (κ2) is 7.80. The summed E-state index contributed by atoms with van der Waals surface area (Å²) in [6.07, 6.45) is 6.07. The van der Waals surface area contributed by atoms with Crippen LogP contribution in [-0.2, 0) is 22.6 Å². The largest absolute Gasteiger partial charge is 0.361 e. The number of carbonyl (C=O) groups excluding carboxylic acids is 2. The van der Waals surface area contributed by atoms with Gasteiger partial charge in [0.2, 0.25) is 11.8 Å². The first-order valence-corrected chi connectivity index (χ1v) is 9.30. The van der Waals surface area contributed by atoms with Crippen LogP contribution in [0, 0.1) is 11.7 Å². The molecule has 0 spiro atoms. The number of amides is 2. The number of H-pyrrole nitrogens is 1. The molecule has 0 bridgehead atoms. The maximum atomic E-state index is 13.5. The number of aromatic nitrogens is 2. The fourth-order valence-corrected chi connectivity index (χ4v) is 3.61. The number of rotatable bonds is 6. The third-order valence-electron chi connectivity index (χ3n) is 5.16. The number of hydrogen-bond donors (Lipinski definition) is 2. The molecule has 2 amide bonds. The molecule has 0 saturated carbocycles. The van der Waals surface area contributed by atoms with E-state index in [2.05, 4.69) is 15.3 Å². The van der Waals surface area contributed by atoms with Crippen LogP contribution in [0.4, 0.5) is 4.39 Å². The molecule has 1 atom stereocenters. The minimum Gasteiger partial charge on any atom is -0.361 e. The molecule has 1 fully saturated rings. The summed E-state index contributed by atoms with van der Waals surface area (Å²) in [6, 6.07) is 8.34. The Bertz CT molecular complexity index is 1000. The third-order valence-corrected chi connectivity index (χ3v) is 5.16. The van der Waals surface area contributed by atoms with Gasteiger partial charge in [-0.3, -0.25) is 14.6 Å². The van der Waals surface area contributed by atoms with Crippen molar-refractivity contribution in [2.75, 3.05) is 13.1 Å². The minimum atomic E-state index is -0.343. The Balaban J connectivity index is 1.33. The number of nitrogens with one attached hydrogen (secondary N) is 2. The molecule has 2 aromatic heterocycles. The lowest BCUT2D eigenvalue weighted by molar-refractivity contribution is -0.129. The monoisotopic (exact) mass is 380 g/mol. The number of benzene rings is 1. The first-order valence-electron chi connectivity index (χ1n) is 9.30. The predicted octanol–water partition coefficient (Wildman–Crippen LogP) is 2.41. The van der Waals surface area contributed by atoms with Crippen molar-refractivity contribution in [2.45, 2.75) is 19.4 Å². The highest BCUT2D eigenvalue weighted by Gasteiger charge is 2.33. The average molecular weight is 380 g/mol. The van der Waals surface area contributed by atoms with E-state index in [1.807, 2.05) is 18.3 Å². The van der Waals surface area contributed by atoms with Crippen molar-refractivity contribution in [2.24, 2.45) is 5.92 Å². The maximum absolute atomic E-state index is 13.5. The van der Waals surface area contributed by atoms with Crippen molar-refractivity contribution < 1.29 is 14.0 Å². The van der Waals surface area contributed by atoms with Crippen molar-refractivity contribution in [3.05, 3.63) is 65.9 Å². The predicted molar refractivity (Wildman–Crippen MR) is 103 cm³/mol. The molecule has 1 unspecified atom stereocenters. The van der Waals surface area contributed by atoms with Crippen LogP contribution in [0.5, 0.6) is 0 Å². The highest BCUT2D eigenvalue weighted by atomic mass is 19.1. The summed E-state index contributed by atoms with van der Waals surface area (Å²) in [6.45, 7) is 1.32. The van der Waals surface area contributed by atoms with Gasteiger partial charge in [0, 0.05) is 55.5 Å². The number of hydrogen-bond acceptors (Lipinski definition) is 3. The minimum absolute atomic E-state index is 0.0208. The molecule has 1 saturated heterocycles. The van der Waals surface area contributed by atoms with Crippen molar-refractivity contribution >= 4 is 22.7 Å². The van der Waals surface area contributed by atoms with Gasteiger partial charge in [0.15, 0.2) is 0 Å². The smallest absolute Gasteiger partial charge is 0.225 e. The Morgan fingerprint density at radius 1 is 1.36 bits per heavy atom. The lowest BCUT2D eigenvalue weighted by Crippen LogP contribution is -2.33. The van der Waals surface area contributed by atoms with Gasteiger partial charge in [-0.1, -0.05) is 6.07 Å². The van der Waals surface area contributed by atoms with Crippen LogP contribution in [0.2, 0.25) is 0 Å². The summed E-state index contributed by atoms with van der Waals surface area (Å²) in [5.41, 5.74) is 2.76. The Morgan fingerprint density at radius 3 is 3.07 bits per heavy atom. The molecular formula is C21H21FN4O2. The molecule has 3 aromatic rings. The normalized spacial score (nSPS) is 16.7. The molecular weight excluding hydrogens is 359 g/mol. The first kappa shape index (κ1) is 18.2. The number of nitrogens with zero attached hydrogens (tertiary/aromatic N) is 2. The van der Waals surface area contributed by atoms with Gasteiger partial charge in [-0.25, -0.2) is 4.39 Å². The van der Waals surface area contributed by atoms with Crippen LogP contribution in [-0.4, -0.2) is 39.8 Å². The number of aromatic amines is 1. The van der Waals surface area contributed by atoms with Crippen molar-refractivity contribution in [1.29, 1.82) is 0 Å². The van der Waals surface area contributed by atoms with E-state index in [9.17, 15) is 14.0 Å². The van der Waals surface area contributed by atoms with Crippen molar-refractivity contribution in [3.63, 3.8) is 0 Å². The van der Waals surface area contributed by atoms with Crippen LogP contribution in [0.15, 0.2) is 48.9 Å². The van der Waals surface area contributed by atoms with E-state index in [0.717, 1.165) is 22.0 Å². The van der Waals surface area contributed by atoms with Gasteiger partial charge in [0.25, 0.3) is 0 Å². The Labute approximate surface area is 161 Å². The summed E-state index contributed by atoms with van der Waals surface area (Å²) in [4.78, 5) is 33.6. The summed E-state index contributed by atoms with van der Waals surface area (Å²) in [5, 5.41) is 3.71. The van der Waals surface area contributed by atoms with E-state index in [0.29, 0.717) is 26.1 Å². The quantitative estimate of drug-likeness (QED) is 0.689. The average Bonchev–Trinajstić information content (AvgIpc) is 3.28. The summed E-state index contributed by atoms with van der Waals surface area (Å²) in [5.74, 6) is -0.762. The highest BCUT2D eigenvalue weighted by Crippen LogP contribution is 2.22. The Morgan fingerprint density at radius 2 is 2.25 bits per heavy atom. The van der Waals surface area contributed by atoms with Gasteiger partial charge in [0.05, 0.1) is 5.92 Å². The van der Waals surface area contributed by atoms with Crippen LogP contribution in [0.25, 0.3) is 10.9 Å². The number of carbonyl (C=O) groups is 2. The van der Waals surface area contributed by atoms with E-state index >= 15 is 0 Å². The highest BCUT2D eigenvalue weighted by molar-refractivity contribution is 5.89. The van der Waals surface area contributed by atoms with E-state index in [1.165, 1.54) is 12.1 Å². The van der Waals surface area contributed by atoms with Crippen LogP contribution >= 0.6 is 0 Å².